The summed E-state index contributed by atoms with van der Waals surface area (Å²) in [5.41, 5.74) is -0.794. The first-order valence-corrected chi connectivity index (χ1v) is 9.79. The molecule has 5 nitrogen and oxygen atoms in total. The third-order valence-electron chi connectivity index (χ3n) is 5.34. The summed E-state index contributed by atoms with van der Waals surface area (Å²) in [7, 11) is 0. The molecule has 0 saturated carbocycles. The quantitative estimate of drug-likeness (QED) is 0.851. The molecule has 2 rings (SSSR count). The van der Waals surface area contributed by atoms with Gasteiger partial charge in [-0.25, -0.2) is 0 Å². The Labute approximate surface area is 149 Å². The zero-order valence-corrected chi connectivity index (χ0v) is 16.7. The first-order valence-electron chi connectivity index (χ1n) is 9.79. The van der Waals surface area contributed by atoms with Crippen molar-refractivity contribution in [3.8, 4) is 0 Å². The fourth-order valence-corrected chi connectivity index (χ4v) is 3.51. The van der Waals surface area contributed by atoms with Crippen molar-refractivity contribution in [2.45, 2.75) is 78.5 Å². The molecule has 0 radical (unpaired) electrons. The SMILES string of the molecule is CC.CC(C)N1CCN(C(=O)CC2(O)CCN(C(C)C)CC2)CC1. The molecule has 0 unspecified atom stereocenters. The number of aliphatic hydroxyl groups is 1. The Morgan fingerprint density at radius 2 is 1.29 bits per heavy atom. The number of likely N-dealkylation sites (tertiary alicyclic amines) is 1. The molecule has 0 atom stereocenters. The molecular weight excluding hydrogens is 302 g/mol. The molecule has 0 aromatic carbocycles. The highest BCUT2D eigenvalue weighted by molar-refractivity contribution is 5.77. The predicted octanol–water partition coefficient (Wildman–Crippen LogP) is 2.19. The van der Waals surface area contributed by atoms with Gasteiger partial charge >= 0.3 is 0 Å². The Morgan fingerprint density at radius 1 is 0.875 bits per heavy atom. The zero-order valence-electron chi connectivity index (χ0n) is 16.7. The van der Waals surface area contributed by atoms with Gasteiger partial charge in [0.25, 0.3) is 0 Å². The largest absolute Gasteiger partial charge is 0.389 e. The van der Waals surface area contributed by atoms with Gasteiger partial charge in [-0.05, 0) is 40.5 Å². The number of piperidine rings is 1. The van der Waals surface area contributed by atoms with Gasteiger partial charge in [-0.2, -0.15) is 0 Å². The average molecular weight is 342 g/mol. The van der Waals surface area contributed by atoms with Gasteiger partial charge in [0.2, 0.25) is 5.91 Å². The Bertz CT molecular complexity index is 369. The highest BCUT2D eigenvalue weighted by Crippen LogP contribution is 2.27. The van der Waals surface area contributed by atoms with Gasteiger partial charge < -0.3 is 14.9 Å². The van der Waals surface area contributed by atoms with E-state index in [1.54, 1.807) is 0 Å². The molecule has 1 N–H and O–H groups in total. The number of nitrogens with zero attached hydrogens (tertiary/aromatic N) is 3. The normalized spacial score (nSPS) is 22.5. The molecule has 0 aliphatic carbocycles. The van der Waals surface area contributed by atoms with Crippen LogP contribution in [-0.4, -0.2) is 82.7 Å². The summed E-state index contributed by atoms with van der Waals surface area (Å²) in [6.07, 6.45) is 1.71. The van der Waals surface area contributed by atoms with E-state index in [0.717, 1.165) is 39.3 Å². The maximum Gasteiger partial charge on any atom is 0.225 e. The van der Waals surface area contributed by atoms with Crippen LogP contribution in [0.2, 0.25) is 0 Å². The van der Waals surface area contributed by atoms with E-state index in [1.807, 2.05) is 18.7 Å². The van der Waals surface area contributed by atoms with E-state index in [0.29, 0.717) is 31.3 Å². The second kappa shape index (κ2) is 9.73. The van der Waals surface area contributed by atoms with Gasteiger partial charge in [-0.3, -0.25) is 9.69 Å². The minimum Gasteiger partial charge on any atom is -0.389 e. The van der Waals surface area contributed by atoms with Crippen LogP contribution < -0.4 is 0 Å². The first-order chi connectivity index (χ1) is 11.3. The fourth-order valence-electron chi connectivity index (χ4n) is 3.51. The third kappa shape index (κ3) is 6.01. The van der Waals surface area contributed by atoms with E-state index in [2.05, 4.69) is 37.5 Å². The van der Waals surface area contributed by atoms with Crippen molar-refractivity contribution in [3.05, 3.63) is 0 Å². The number of piperazine rings is 1. The minimum absolute atomic E-state index is 0.129. The van der Waals surface area contributed by atoms with Gasteiger partial charge in [0.05, 0.1) is 12.0 Å². The Kier molecular flexibility index (Phi) is 8.68. The molecule has 24 heavy (non-hydrogen) atoms. The summed E-state index contributed by atoms with van der Waals surface area (Å²) in [4.78, 5) is 19.2. The molecule has 2 saturated heterocycles. The van der Waals surface area contributed by atoms with Crippen molar-refractivity contribution in [3.63, 3.8) is 0 Å². The molecule has 0 spiro atoms. The molecule has 2 heterocycles. The lowest BCUT2D eigenvalue weighted by molar-refractivity contribution is -0.140. The number of carbonyl (C=O) groups excluding carboxylic acids is 1. The molecule has 2 aliphatic rings. The van der Waals surface area contributed by atoms with Crippen LogP contribution in [0.4, 0.5) is 0 Å². The molecule has 142 valence electrons. The summed E-state index contributed by atoms with van der Waals surface area (Å²) >= 11 is 0. The number of hydrogen-bond donors (Lipinski definition) is 1. The van der Waals surface area contributed by atoms with E-state index < -0.39 is 5.60 Å². The van der Waals surface area contributed by atoms with Crippen molar-refractivity contribution in [2.24, 2.45) is 0 Å². The summed E-state index contributed by atoms with van der Waals surface area (Å²) in [5.74, 6) is 0.129. The minimum atomic E-state index is -0.794. The lowest BCUT2D eigenvalue weighted by Gasteiger charge is -2.42. The molecule has 0 aromatic rings. The van der Waals surface area contributed by atoms with Crippen LogP contribution in [0.5, 0.6) is 0 Å². The van der Waals surface area contributed by atoms with Crippen molar-refractivity contribution in [2.75, 3.05) is 39.3 Å². The molecule has 1 amide bonds. The maximum atomic E-state index is 12.5. The van der Waals surface area contributed by atoms with E-state index in [4.69, 9.17) is 0 Å². The van der Waals surface area contributed by atoms with Gasteiger partial charge in [0.1, 0.15) is 0 Å². The van der Waals surface area contributed by atoms with Crippen LogP contribution in [0, 0.1) is 0 Å². The van der Waals surface area contributed by atoms with Crippen LogP contribution >= 0.6 is 0 Å². The lowest BCUT2D eigenvalue weighted by atomic mass is 9.87. The smallest absolute Gasteiger partial charge is 0.225 e. The molecule has 2 fully saturated rings. The highest BCUT2D eigenvalue weighted by Gasteiger charge is 2.36. The van der Waals surface area contributed by atoms with E-state index in [-0.39, 0.29) is 5.91 Å². The predicted molar refractivity (Wildman–Crippen MR) is 100 cm³/mol. The molecule has 5 heteroatoms. The van der Waals surface area contributed by atoms with Crippen LogP contribution in [0.1, 0.15) is 60.8 Å². The summed E-state index contributed by atoms with van der Waals surface area (Å²) in [5, 5.41) is 10.7. The van der Waals surface area contributed by atoms with Gasteiger partial charge in [-0.15, -0.1) is 0 Å². The molecule has 2 aliphatic heterocycles. The molecule has 0 bridgehead atoms. The number of rotatable bonds is 4. The van der Waals surface area contributed by atoms with E-state index in [9.17, 15) is 9.90 Å². The Hall–Kier alpha value is -0.650. The lowest BCUT2D eigenvalue weighted by Crippen LogP contribution is -2.53. The highest BCUT2D eigenvalue weighted by atomic mass is 16.3. The fraction of sp³-hybridized carbons (Fsp3) is 0.947. The van der Waals surface area contributed by atoms with Crippen LogP contribution in [0.25, 0.3) is 0 Å². The second-order valence-electron chi connectivity index (χ2n) is 7.54. The monoisotopic (exact) mass is 341 g/mol. The zero-order chi connectivity index (χ0) is 18.3. The van der Waals surface area contributed by atoms with Gasteiger partial charge in [0.15, 0.2) is 0 Å². The summed E-state index contributed by atoms with van der Waals surface area (Å²) in [6.45, 7) is 18.0. The van der Waals surface area contributed by atoms with Crippen molar-refractivity contribution < 1.29 is 9.90 Å². The molecular formula is C19H39N3O2. The Balaban J connectivity index is 0.00000139. The van der Waals surface area contributed by atoms with Crippen molar-refractivity contribution >= 4 is 5.91 Å². The Morgan fingerprint density at radius 3 is 1.71 bits per heavy atom. The second-order valence-corrected chi connectivity index (χ2v) is 7.54. The van der Waals surface area contributed by atoms with E-state index in [1.165, 1.54) is 0 Å². The number of carbonyl (C=O) groups is 1. The van der Waals surface area contributed by atoms with Crippen molar-refractivity contribution in [1.82, 2.24) is 14.7 Å². The van der Waals surface area contributed by atoms with Gasteiger partial charge in [0, 0.05) is 51.4 Å². The number of hydrogen-bond acceptors (Lipinski definition) is 4. The van der Waals surface area contributed by atoms with Crippen molar-refractivity contribution in [1.29, 1.82) is 0 Å². The number of amides is 1. The maximum absolute atomic E-state index is 12.5. The summed E-state index contributed by atoms with van der Waals surface area (Å²) < 4.78 is 0. The standard InChI is InChI=1S/C17H33N3O2.C2H6/c1-14(2)18-7-5-17(22,6-8-18)13-16(21)20-11-9-19(10-12-20)15(3)4;1-2/h14-15,22H,5-13H2,1-4H3;1-2H3. The third-order valence-corrected chi connectivity index (χ3v) is 5.34. The van der Waals surface area contributed by atoms with Gasteiger partial charge in [-0.1, -0.05) is 13.8 Å². The van der Waals surface area contributed by atoms with Crippen LogP contribution in [0.3, 0.4) is 0 Å². The summed E-state index contributed by atoms with van der Waals surface area (Å²) in [6, 6.07) is 1.06. The topological polar surface area (TPSA) is 47.0 Å². The molecule has 0 aromatic heterocycles. The van der Waals surface area contributed by atoms with Crippen LogP contribution in [0.15, 0.2) is 0 Å². The average Bonchev–Trinajstić information content (AvgIpc) is 2.56. The van der Waals surface area contributed by atoms with Crippen LogP contribution in [-0.2, 0) is 4.79 Å². The van der Waals surface area contributed by atoms with E-state index >= 15 is 0 Å². The first kappa shape index (κ1) is 21.4.